The first kappa shape index (κ1) is 12.6. The largest absolute Gasteiger partial charge is 0.481 e. The van der Waals surface area contributed by atoms with Gasteiger partial charge in [0.2, 0.25) is 5.91 Å². The molecule has 1 aliphatic rings. The van der Waals surface area contributed by atoms with Gasteiger partial charge in [-0.15, -0.1) is 0 Å². The van der Waals surface area contributed by atoms with Gasteiger partial charge in [-0.1, -0.05) is 0 Å². The lowest BCUT2D eigenvalue weighted by atomic mass is 9.81. The van der Waals surface area contributed by atoms with Crippen molar-refractivity contribution in [3.8, 4) is 0 Å². The highest BCUT2D eigenvalue weighted by Gasteiger charge is 2.30. The van der Waals surface area contributed by atoms with Crippen molar-refractivity contribution in [3.05, 3.63) is 12.0 Å². The highest BCUT2D eigenvalue weighted by atomic mass is 16.4. The van der Waals surface area contributed by atoms with E-state index in [9.17, 15) is 9.59 Å². The molecule has 0 saturated heterocycles. The molecular weight excluding hydrogens is 236 g/mol. The molecule has 0 spiro atoms. The molecule has 98 valence electrons. The van der Waals surface area contributed by atoms with Crippen LogP contribution in [-0.2, 0) is 9.59 Å². The number of carboxylic acid groups (broad SMARTS) is 1. The maximum atomic E-state index is 11.9. The lowest BCUT2D eigenvalue weighted by Gasteiger charge is -2.24. The second-order valence-electron chi connectivity index (χ2n) is 4.67. The Morgan fingerprint density at radius 1 is 1.33 bits per heavy atom. The molecule has 0 aromatic carbocycles. The first-order valence-corrected chi connectivity index (χ1v) is 6.02. The normalized spacial score (nSPS) is 23.6. The minimum Gasteiger partial charge on any atom is -0.481 e. The number of nitrogens with one attached hydrogen (secondary N) is 1. The summed E-state index contributed by atoms with van der Waals surface area (Å²) in [5.74, 6) is -1.36. The monoisotopic (exact) mass is 252 g/mol. The van der Waals surface area contributed by atoms with Crippen LogP contribution in [-0.4, -0.2) is 22.0 Å². The van der Waals surface area contributed by atoms with Crippen LogP contribution in [0.1, 0.15) is 31.4 Å². The second kappa shape index (κ2) is 5.20. The predicted molar refractivity (Wildman–Crippen MR) is 63.0 cm³/mol. The summed E-state index contributed by atoms with van der Waals surface area (Å²) in [6.07, 6.45) is 3.78. The van der Waals surface area contributed by atoms with Crippen LogP contribution in [0.3, 0.4) is 0 Å². The second-order valence-corrected chi connectivity index (χ2v) is 4.67. The summed E-state index contributed by atoms with van der Waals surface area (Å²) in [6.45, 7) is 1.78. The number of hydrogen-bond donors (Lipinski definition) is 2. The number of nitrogens with zero attached hydrogens (tertiary/aromatic N) is 1. The quantitative estimate of drug-likeness (QED) is 0.855. The number of aliphatic carboxylic acids is 1. The van der Waals surface area contributed by atoms with Crippen LogP contribution in [0.2, 0.25) is 0 Å². The van der Waals surface area contributed by atoms with Crippen LogP contribution in [0.15, 0.2) is 10.7 Å². The molecule has 0 atom stereocenters. The van der Waals surface area contributed by atoms with Crippen LogP contribution >= 0.6 is 0 Å². The zero-order valence-corrected chi connectivity index (χ0v) is 10.2. The highest BCUT2D eigenvalue weighted by molar-refractivity contribution is 5.90. The van der Waals surface area contributed by atoms with Gasteiger partial charge in [-0.3, -0.25) is 14.9 Å². The Labute approximate surface area is 104 Å². The van der Waals surface area contributed by atoms with Gasteiger partial charge >= 0.3 is 12.0 Å². The van der Waals surface area contributed by atoms with Gasteiger partial charge in [0, 0.05) is 5.92 Å². The molecule has 6 heteroatoms. The average molecular weight is 252 g/mol. The number of rotatable bonds is 3. The van der Waals surface area contributed by atoms with E-state index in [1.54, 1.807) is 6.92 Å². The van der Waals surface area contributed by atoms with Gasteiger partial charge in [-0.25, -0.2) is 0 Å². The van der Waals surface area contributed by atoms with E-state index >= 15 is 0 Å². The summed E-state index contributed by atoms with van der Waals surface area (Å²) < 4.78 is 5.05. The van der Waals surface area contributed by atoms with Gasteiger partial charge in [0.25, 0.3) is 0 Å². The highest BCUT2D eigenvalue weighted by Crippen LogP contribution is 2.29. The molecule has 1 aromatic rings. The van der Waals surface area contributed by atoms with Crippen LogP contribution in [0.4, 0.5) is 6.01 Å². The number of oxazole rings is 1. The Morgan fingerprint density at radius 3 is 2.44 bits per heavy atom. The summed E-state index contributed by atoms with van der Waals surface area (Å²) in [4.78, 5) is 26.7. The summed E-state index contributed by atoms with van der Waals surface area (Å²) in [7, 11) is 0. The maximum absolute atomic E-state index is 11.9. The van der Waals surface area contributed by atoms with Crippen molar-refractivity contribution >= 4 is 17.9 Å². The molecule has 1 amide bonds. The van der Waals surface area contributed by atoms with Gasteiger partial charge in [-0.05, 0) is 32.6 Å². The first-order valence-electron chi connectivity index (χ1n) is 6.02. The standard InChI is InChI=1S/C12H16N2O4/c1-7-6-18-12(13-7)14-10(15)8-2-4-9(5-3-8)11(16)17/h6,8-9H,2-5H2,1H3,(H,16,17)(H,13,14,15). The molecule has 1 heterocycles. The van der Waals surface area contributed by atoms with E-state index in [-0.39, 0.29) is 23.8 Å². The Balaban J connectivity index is 1.86. The summed E-state index contributed by atoms with van der Waals surface area (Å²) in [5.41, 5.74) is 0.708. The Bertz CT molecular complexity index is 447. The fraction of sp³-hybridized carbons (Fsp3) is 0.583. The number of carboxylic acids is 1. The van der Waals surface area contributed by atoms with E-state index in [4.69, 9.17) is 9.52 Å². The van der Waals surface area contributed by atoms with Gasteiger partial charge in [0.1, 0.15) is 6.26 Å². The summed E-state index contributed by atoms with van der Waals surface area (Å²) >= 11 is 0. The average Bonchev–Trinajstić information content (AvgIpc) is 2.75. The molecule has 0 bridgehead atoms. The Kier molecular flexibility index (Phi) is 3.64. The topological polar surface area (TPSA) is 92.4 Å². The molecule has 6 nitrogen and oxygen atoms in total. The third kappa shape index (κ3) is 2.88. The summed E-state index contributed by atoms with van der Waals surface area (Å²) in [5, 5.41) is 11.5. The van der Waals surface area contributed by atoms with Crippen molar-refractivity contribution in [2.45, 2.75) is 32.6 Å². The van der Waals surface area contributed by atoms with Crippen LogP contribution in [0.5, 0.6) is 0 Å². The smallest absolute Gasteiger partial charge is 0.306 e. The van der Waals surface area contributed by atoms with Gasteiger partial charge < -0.3 is 9.52 Å². The molecule has 18 heavy (non-hydrogen) atoms. The fourth-order valence-electron chi connectivity index (χ4n) is 2.22. The van der Waals surface area contributed by atoms with Crippen molar-refractivity contribution in [1.29, 1.82) is 0 Å². The zero-order chi connectivity index (χ0) is 13.1. The first-order chi connectivity index (χ1) is 8.56. The van der Waals surface area contributed by atoms with Crippen LogP contribution < -0.4 is 5.32 Å². The van der Waals surface area contributed by atoms with E-state index in [0.717, 1.165) is 0 Å². The lowest BCUT2D eigenvalue weighted by molar-refractivity contribution is -0.143. The van der Waals surface area contributed by atoms with Crippen molar-refractivity contribution in [2.75, 3.05) is 5.32 Å². The van der Waals surface area contributed by atoms with Crippen molar-refractivity contribution in [2.24, 2.45) is 11.8 Å². The van der Waals surface area contributed by atoms with E-state index < -0.39 is 5.97 Å². The number of carbonyl (C=O) groups excluding carboxylic acids is 1. The fourth-order valence-corrected chi connectivity index (χ4v) is 2.22. The minimum atomic E-state index is -0.766. The Morgan fingerprint density at radius 2 is 1.94 bits per heavy atom. The third-order valence-electron chi connectivity index (χ3n) is 3.30. The number of carbonyl (C=O) groups is 2. The molecule has 1 saturated carbocycles. The number of amides is 1. The lowest BCUT2D eigenvalue weighted by Crippen LogP contribution is -2.29. The van der Waals surface area contributed by atoms with Crippen LogP contribution in [0.25, 0.3) is 0 Å². The van der Waals surface area contributed by atoms with E-state index in [0.29, 0.717) is 31.4 Å². The molecule has 2 rings (SSSR count). The van der Waals surface area contributed by atoms with Crippen molar-refractivity contribution < 1.29 is 19.1 Å². The van der Waals surface area contributed by atoms with E-state index in [1.165, 1.54) is 6.26 Å². The zero-order valence-electron chi connectivity index (χ0n) is 10.2. The number of aromatic nitrogens is 1. The van der Waals surface area contributed by atoms with E-state index in [2.05, 4.69) is 10.3 Å². The molecular formula is C12H16N2O4. The molecule has 2 N–H and O–H groups in total. The molecule has 1 fully saturated rings. The Hall–Kier alpha value is -1.85. The number of anilines is 1. The van der Waals surface area contributed by atoms with Gasteiger partial charge in [0.05, 0.1) is 11.6 Å². The molecule has 0 aliphatic heterocycles. The maximum Gasteiger partial charge on any atom is 0.306 e. The third-order valence-corrected chi connectivity index (χ3v) is 3.30. The van der Waals surface area contributed by atoms with Gasteiger partial charge in [0.15, 0.2) is 0 Å². The van der Waals surface area contributed by atoms with Gasteiger partial charge in [-0.2, -0.15) is 4.98 Å². The minimum absolute atomic E-state index is 0.138. The number of hydrogen-bond acceptors (Lipinski definition) is 4. The molecule has 1 aliphatic carbocycles. The molecule has 0 radical (unpaired) electrons. The molecule has 1 aromatic heterocycles. The predicted octanol–water partition coefficient (Wildman–Crippen LogP) is 1.81. The van der Waals surface area contributed by atoms with Crippen LogP contribution in [0, 0.1) is 18.8 Å². The van der Waals surface area contributed by atoms with Crippen molar-refractivity contribution in [3.63, 3.8) is 0 Å². The summed E-state index contributed by atoms with van der Waals surface area (Å²) in [6, 6.07) is 0.206. The van der Waals surface area contributed by atoms with E-state index in [1.807, 2.05) is 0 Å². The number of aryl methyl sites for hydroxylation is 1. The molecule has 0 unspecified atom stereocenters. The van der Waals surface area contributed by atoms with Crippen molar-refractivity contribution in [1.82, 2.24) is 4.98 Å². The SMILES string of the molecule is Cc1coc(NC(=O)C2CCC(C(=O)O)CC2)n1.